The number of rotatable bonds is 2. The summed E-state index contributed by atoms with van der Waals surface area (Å²) in [6.45, 7) is 0. The number of halogens is 2. The number of nitrogens with zero attached hydrogens (tertiary/aromatic N) is 1. The second-order valence-corrected chi connectivity index (χ2v) is 4.80. The molecule has 1 heterocycles. The molecule has 0 aliphatic carbocycles. The van der Waals surface area contributed by atoms with Crippen molar-refractivity contribution >= 4 is 11.9 Å². The summed E-state index contributed by atoms with van der Waals surface area (Å²) in [6, 6.07) is 10.9. The summed E-state index contributed by atoms with van der Waals surface area (Å²) in [5.41, 5.74) is -0.498. The van der Waals surface area contributed by atoms with Gasteiger partial charge in [0.05, 0.1) is 7.11 Å². The highest BCUT2D eigenvalue weighted by atomic mass is 19.1. The number of carbonyl (C=O) groups is 1. The highest BCUT2D eigenvalue weighted by Crippen LogP contribution is 2.37. The van der Waals surface area contributed by atoms with E-state index in [1.807, 2.05) is 0 Å². The van der Waals surface area contributed by atoms with Crippen LogP contribution in [0.15, 0.2) is 53.5 Å². The minimum Gasteiger partial charge on any atom is -0.468 e. The van der Waals surface area contributed by atoms with E-state index < -0.39 is 23.1 Å². The quantitative estimate of drug-likeness (QED) is 0.925. The van der Waals surface area contributed by atoms with Gasteiger partial charge in [0.15, 0.2) is 5.54 Å². The number of methoxy groups -OCH3 is 1. The maximum Gasteiger partial charge on any atom is 0.293 e. The molecular weight excluding hydrogens is 290 g/mol. The highest BCUT2D eigenvalue weighted by Gasteiger charge is 2.47. The monoisotopic (exact) mass is 302 g/mol. The summed E-state index contributed by atoms with van der Waals surface area (Å²) >= 11 is 0. The van der Waals surface area contributed by atoms with Crippen LogP contribution >= 0.6 is 0 Å². The molecule has 0 saturated carbocycles. The van der Waals surface area contributed by atoms with Crippen LogP contribution in [0.5, 0.6) is 0 Å². The zero-order valence-corrected chi connectivity index (χ0v) is 11.6. The second kappa shape index (κ2) is 5.22. The second-order valence-electron chi connectivity index (χ2n) is 4.80. The van der Waals surface area contributed by atoms with Crippen molar-refractivity contribution in [3.8, 4) is 0 Å². The van der Waals surface area contributed by atoms with Crippen molar-refractivity contribution in [1.82, 2.24) is 5.32 Å². The Labute approximate surface area is 125 Å². The minimum absolute atomic E-state index is 0.0543. The lowest BCUT2D eigenvalue weighted by Crippen LogP contribution is -2.38. The van der Waals surface area contributed by atoms with Gasteiger partial charge in [0.2, 0.25) is 0 Å². The average molecular weight is 302 g/mol. The molecule has 0 saturated heterocycles. The van der Waals surface area contributed by atoms with Gasteiger partial charge < -0.3 is 4.74 Å². The van der Waals surface area contributed by atoms with Crippen molar-refractivity contribution < 1.29 is 18.3 Å². The lowest BCUT2D eigenvalue weighted by atomic mass is 9.83. The molecule has 6 heteroatoms. The number of benzene rings is 2. The predicted octanol–water partition coefficient (Wildman–Crippen LogP) is 2.34. The zero-order chi connectivity index (χ0) is 15.7. The van der Waals surface area contributed by atoms with Crippen molar-refractivity contribution in [2.45, 2.75) is 5.54 Å². The Kier molecular flexibility index (Phi) is 3.36. The van der Waals surface area contributed by atoms with Gasteiger partial charge in [0.25, 0.3) is 11.9 Å². The normalized spacial score (nSPS) is 16.1. The van der Waals surface area contributed by atoms with E-state index in [1.165, 1.54) is 55.6 Å². The molecule has 0 bridgehead atoms. The van der Waals surface area contributed by atoms with E-state index in [0.717, 1.165) is 0 Å². The smallest absolute Gasteiger partial charge is 0.293 e. The van der Waals surface area contributed by atoms with Crippen LogP contribution in [-0.2, 0) is 15.1 Å². The van der Waals surface area contributed by atoms with Crippen molar-refractivity contribution in [3.63, 3.8) is 0 Å². The van der Waals surface area contributed by atoms with E-state index in [2.05, 4.69) is 10.3 Å². The maximum absolute atomic E-state index is 13.2. The molecule has 4 nitrogen and oxygen atoms in total. The Morgan fingerprint density at radius 3 is 1.77 bits per heavy atom. The summed E-state index contributed by atoms with van der Waals surface area (Å²) in [5, 5.41) is 2.52. The molecule has 0 unspecified atom stereocenters. The summed E-state index contributed by atoms with van der Waals surface area (Å²) < 4.78 is 31.4. The van der Waals surface area contributed by atoms with Crippen LogP contribution in [0.2, 0.25) is 0 Å². The molecular formula is C16H12F2N2O2. The number of carbonyl (C=O) groups excluding carboxylic acids is 1. The number of amidine groups is 1. The molecule has 1 aliphatic rings. The van der Waals surface area contributed by atoms with Gasteiger partial charge in [-0.05, 0) is 35.4 Å². The molecule has 0 atom stereocenters. The first-order chi connectivity index (χ1) is 10.6. The van der Waals surface area contributed by atoms with E-state index in [-0.39, 0.29) is 6.02 Å². The molecule has 1 N–H and O–H groups in total. The summed E-state index contributed by atoms with van der Waals surface area (Å²) in [6.07, 6.45) is 0. The molecule has 3 rings (SSSR count). The molecule has 2 aromatic carbocycles. The van der Waals surface area contributed by atoms with E-state index in [0.29, 0.717) is 11.1 Å². The Balaban J connectivity index is 2.23. The van der Waals surface area contributed by atoms with Crippen molar-refractivity contribution in [2.24, 2.45) is 4.99 Å². The van der Waals surface area contributed by atoms with Crippen molar-refractivity contribution in [1.29, 1.82) is 0 Å². The number of aliphatic imine (C=N–C) groups is 1. The van der Waals surface area contributed by atoms with Crippen LogP contribution in [0, 0.1) is 11.6 Å². The van der Waals surface area contributed by atoms with Crippen LogP contribution < -0.4 is 5.32 Å². The fraction of sp³-hybridized carbons (Fsp3) is 0.125. The van der Waals surface area contributed by atoms with Crippen LogP contribution in [0.4, 0.5) is 8.78 Å². The van der Waals surface area contributed by atoms with Gasteiger partial charge in [-0.1, -0.05) is 24.3 Å². The number of nitrogens with one attached hydrogen (secondary N) is 1. The summed E-state index contributed by atoms with van der Waals surface area (Å²) in [5.74, 6) is -1.29. The van der Waals surface area contributed by atoms with Gasteiger partial charge in [-0.15, -0.1) is 0 Å². The third-order valence-corrected chi connectivity index (χ3v) is 3.54. The third kappa shape index (κ3) is 2.13. The lowest BCUT2D eigenvalue weighted by molar-refractivity contribution is -0.122. The van der Waals surface area contributed by atoms with Crippen molar-refractivity contribution in [3.05, 3.63) is 71.3 Å². The largest absolute Gasteiger partial charge is 0.468 e. The Morgan fingerprint density at radius 1 is 0.955 bits per heavy atom. The van der Waals surface area contributed by atoms with Gasteiger partial charge >= 0.3 is 0 Å². The SMILES string of the molecule is COC1=NC(c2ccc(F)cc2)(c2ccc(F)cc2)C(=O)N1. The van der Waals surface area contributed by atoms with Crippen LogP contribution in [0.3, 0.4) is 0 Å². The zero-order valence-electron chi connectivity index (χ0n) is 11.6. The van der Waals surface area contributed by atoms with Crippen LogP contribution in [0.1, 0.15) is 11.1 Å². The Hall–Kier alpha value is -2.76. The molecule has 0 spiro atoms. The summed E-state index contributed by atoms with van der Waals surface area (Å²) in [7, 11) is 1.38. The van der Waals surface area contributed by atoms with E-state index in [4.69, 9.17) is 4.74 Å². The standard InChI is InChI=1S/C16H12F2N2O2/c1-22-15-19-14(21)16(20-15,10-2-6-12(17)7-3-10)11-4-8-13(18)9-5-11/h2-9H,1H3,(H,19,20,21). The number of hydrogen-bond acceptors (Lipinski definition) is 3. The first-order valence-electron chi connectivity index (χ1n) is 6.53. The highest BCUT2D eigenvalue weighted by molar-refractivity contribution is 6.07. The van der Waals surface area contributed by atoms with E-state index in [9.17, 15) is 13.6 Å². The first kappa shape index (κ1) is 14.2. The fourth-order valence-corrected chi connectivity index (χ4v) is 2.46. The minimum atomic E-state index is -1.42. The first-order valence-corrected chi connectivity index (χ1v) is 6.53. The van der Waals surface area contributed by atoms with E-state index in [1.54, 1.807) is 0 Å². The van der Waals surface area contributed by atoms with Crippen LogP contribution in [-0.4, -0.2) is 19.0 Å². The molecule has 22 heavy (non-hydrogen) atoms. The van der Waals surface area contributed by atoms with Crippen LogP contribution in [0.25, 0.3) is 0 Å². The van der Waals surface area contributed by atoms with E-state index >= 15 is 0 Å². The van der Waals surface area contributed by atoms with Gasteiger partial charge in [-0.2, -0.15) is 0 Å². The average Bonchev–Trinajstić information content (AvgIpc) is 2.86. The topological polar surface area (TPSA) is 50.7 Å². The summed E-state index contributed by atoms with van der Waals surface area (Å²) in [4.78, 5) is 16.9. The molecule has 0 aromatic heterocycles. The fourth-order valence-electron chi connectivity index (χ4n) is 2.46. The van der Waals surface area contributed by atoms with Gasteiger partial charge in [-0.3, -0.25) is 10.1 Å². The number of ether oxygens (including phenoxy) is 1. The third-order valence-electron chi connectivity index (χ3n) is 3.54. The maximum atomic E-state index is 13.2. The van der Waals surface area contributed by atoms with Crippen molar-refractivity contribution in [2.75, 3.05) is 7.11 Å². The predicted molar refractivity (Wildman–Crippen MR) is 76.2 cm³/mol. The molecule has 112 valence electrons. The van der Waals surface area contributed by atoms with Gasteiger partial charge in [0, 0.05) is 0 Å². The molecule has 2 aromatic rings. The number of hydrogen-bond donors (Lipinski definition) is 1. The lowest BCUT2D eigenvalue weighted by Gasteiger charge is -2.24. The Morgan fingerprint density at radius 2 is 1.41 bits per heavy atom. The number of amides is 1. The molecule has 1 aliphatic heterocycles. The molecule has 0 radical (unpaired) electrons. The van der Waals surface area contributed by atoms with Gasteiger partial charge in [-0.25, -0.2) is 13.8 Å². The Bertz CT molecular complexity index is 694. The van der Waals surface area contributed by atoms with Gasteiger partial charge in [0.1, 0.15) is 11.6 Å². The molecule has 0 fully saturated rings. The molecule has 1 amide bonds.